The molecule has 1 heterocycles. The number of hydrogen-bond acceptors (Lipinski definition) is 2. The molecule has 0 aromatic heterocycles. The molecule has 1 aliphatic heterocycles. The SMILES string of the molecule is C=C(C)C[C@]1(c2ccc(F)cc2)CCN(C(=C)c2ccc(Br)cc2)C(=O)O1. The van der Waals surface area contributed by atoms with Crippen molar-refractivity contribution in [1.29, 1.82) is 0 Å². The Kier molecular flexibility index (Phi) is 5.51. The van der Waals surface area contributed by atoms with Gasteiger partial charge < -0.3 is 4.74 Å². The topological polar surface area (TPSA) is 29.5 Å². The first-order chi connectivity index (χ1) is 12.8. The summed E-state index contributed by atoms with van der Waals surface area (Å²) in [5.74, 6) is -0.323. The summed E-state index contributed by atoms with van der Waals surface area (Å²) in [6, 6.07) is 13.7. The quantitative estimate of drug-likeness (QED) is 0.524. The molecule has 0 N–H and O–H groups in total. The molecule has 0 aliphatic carbocycles. The minimum absolute atomic E-state index is 0.323. The van der Waals surface area contributed by atoms with Gasteiger partial charge in [0.15, 0.2) is 0 Å². The van der Waals surface area contributed by atoms with E-state index in [1.165, 1.54) is 12.1 Å². The van der Waals surface area contributed by atoms with Crippen molar-refractivity contribution in [2.24, 2.45) is 0 Å². The van der Waals surface area contributed by atoms with Crippen molar-refractivity contribution < 1.29 is 13.9 Å². The Labute approximate surface area is 167 Å². The van der Waals surface area contributed by atoms with Crippen LogP contribution in [0.5, 0.6) is 0 Å². The summed E-state index contributed by atoms with van der Waals surface area (Å²) in [5.41, 5.74) is 2.27. The molecule has 140 valence electrons. The summed E-state index contributed by atoms with van der Waals surface area (Å²) in [6.45, 7) is 10.4. The van der Waals surface area contributed by atoms with Crippen LogP contribution in [0.2, 0.25) is 0 Å². The molecular weight excluding hydrogens is 409 g/mol. The van der Waals surface area contributed by atoms with Crippen LogP contribution >= 0.6 is 15.9 Å². The van der Waals surface area contributed by atoms with Gasteiger partial charge in [0, 0.05) is 29.6 Å². The van der Waals surface area contributed by atoms with Crippen LogP contribution in [0.15, 0.2) is 71.7 Å². The van der Waals surface area contributed by atoms with Gasteiger partial charge in [0.2, 0.25) is 0 Å². The van der Waals surface area contributed by atoms with Crippen molar-refractivity contribution in [3.63, 3.8) is 0 Å². The van der Waals surface area contributed by atoms with Crippen LogP contribution in [0.3, 0.4) is 0 Å². The van der Waals surface area contributed by atoms with E-state index in [9.17, 15) is 9.18 Å². The Morgan fingerprint density at radius 2 is 1.81 bits per heavy atom. The molecule has 0 saturated carbocycles. The zero-order chi connectivity index (χ0) is 19.6. The van der Waals surface area contributed by atoms with E-state index < -0.39 is 11.7 Å². The molecule has 3 nitrogen and oxygen atoms in total. The fourth-order valence-corrected chi connectivity index (χ4v) is 3.64. The number of amides is 1. The van der Waals surface area contributed by atoms with Gasteiger partial charge in [-0.1, -0.05) is 58.9 Å². The van der Waals surface area contributed by atoms with Crippen LogP contribution in [-0.2, 0) is 10.3 Å². The maximum atomic E-state index is 13.4. The van der Waals surface area contributed by atoms with E-state index in [0.29, 0.717) is 25.1 Å². The summed E-state index contributed by atoms with van der Waals surface area (Å²) in [4.78, 5) is 14.4. The molecule has 1 amide bonds. The van der Waals surface area contributed by atoms with Crippen molar-refractivity contribution in [3.8, 4) is 0 Å². The molecule has 5 heteroatoms. The fourth-order valence-electron chi connectivity index (χ4n) is 3.37. The number of ether oxygens (including phenoxy) is 1. The van der Waals surface area contributed by atoms with Gasteiger partial charge in [-0.15, -0.1) is 0 Å². The Bertz CT molecular complexity index is 876. The summed E-state index contributed by atoms with van der Waals surface area (Å²) >= 11 is 3.40. The highest BCUT2D eigenvalue weighted by Gasteiger charge is 2.43. The third-order valence-corrected chi connectivity index (χ3v) is 5.23. The molecule has 1 saturated heterocycles. The Balaban J connectivity index is 1.86. The number of cyclic esters (lactones) is 1. The fraction of sp³-hybridized carbons (Fsp3) is 0.227. The molecule has 1 atom stereocenters. The highest BCUT2D eigenvalue weighted by Crippen LogP contribution is 2.40. The number of carbonyl (C=O) groups is 1. The monoisotopic (exact) mass is 429 g/mol. The second kappa shape index (κ2) is 7.69. The average molecular weight is 430 g/mol. The lowest BCUT2D eigenvalue weighted by atomic mass is 9.83. The van der Waals surface area contributed by atoms with Crippen LogP contribution < -0.4 is 0 Å². The van der Waals surface area contributed by atoms with E-state index in [1.54, 1.807) is 17.0 Å². The average Bonchev–Trinajstić information content (AvgIpc) is 2.62. The molecular formula is C22H21BrFNO2. The van der Waals surface area contributed by atoms with Crippen molar-refractivity contribution in [2.45, 2.75) is 25.4 Å². The number of rotatable bonds is 5. The maximum Gasteiger partial charge on any atom is 0.415 e. The normalized spacial score (nSPS) is 19.5. The van der Waals surface area contributed by atoms with E-state index in [-0.39, 0.29) is 5.82 Å². The van der Waals surface area contributed by atoms with E-state index >= 15 is 0 Å². The van der Waals surface area contributed by atoms with Gasteiger partial charge in [-0.2, -0.15) is 0 Å². The molecule has 1 aliphatic rings. The number of benzene rings is 2. The molecule has 0 unspecified atom stereocenters. The Morgan fingerprint density at radius 1 is 1.19 bits per heavy atom. The van der Waals surface area contributed by atoms with Gasteiger partial charge in [0.25, 0.3) is 0 Å². The van der Waals surface area contributed by atoms with Crippen molar-refractivity contribution >= 4 is 27.7 Å². The van der Waals surface area contributed by atoms with Gasteiger partial charge in [0.05, 0.1) is 0 Å². The molecule has 3 rings (SSSR count). The first kappa shape index (κ1) is 19.4. The van der Waals surface area contributed by atoms with Crippen LogP contribution in [0.4, 0.5) is 9.18 Å². The highest BCUT2D eigenvalue weighted by molar-refractivity contribution is 9.10. The zero-order valence-electron chi connectivity index (χ0n) is 15.2. The number of halogens is 2. The van der Waals surface area contributed by atoms with E-state index in [2.05, 4.69) is 29.1 Å². The molecule has 2 aromatic rings. The number of nitrogens with zero attached hydrogens (tertiary/aromatic N) is 1. The van der Waals surface area contributed by atoms with Gasteiger partial charge in [0.1, 0.15) is 11.4 Å². The highest BCUT2D eigenvalue weighted by atomic mass is 79.9. The third kappa shape index (κ3) is 4.14. The third-order valence-electron chi connectivity index (χ3n) is 4.70. The van der Waals surface area contributed by atoms with E-state index in [4.69, 9.17) is 4.74 Å². The summed E-state index contributed by atoms with van der Waals surface area (Å²) in [7, 11) is 0. The van der Waals surface area contributed by atoms with Gasteiger partial charge in [-0.3, -0.25) is 4.90 Å². The van der Waals surface area contributed by atoms with Crippen LogP contribution in [0.25, 0.3) is 5.70 Å². The second-order valence-corrected chi connectivity index (χ2v) is 7.77. The largest absolute Gasteiger partial charge is 0.437 e. The summed E-state index contributed by atoms with van der Waals surface area (Å²) in [5, 5.41) is 0. The maximum absolute atomic E-state index is 13.4. The molecule has 0 bridgehead atoms. The van der Waals surface area contributed by atoms with Crippen LogP contribution in [0, 0.1) is 5.82 Å². The Hall–Kier alpha value is -2.40. The predicted molar refractivity (Wildman–Crippen MR) is 108 cm³/mol. The minimum Gasteiger partial charge on any atom is -0.437 e. The smallest absolute Gasteiger partial charge is 0.415 e. The first-order valence-corrected chi connectivity index (χ1v) is 9.46. The lowest BCUT2D eigenvalue weighted by Crippen LogP contribution is -2.47. The van der Waals surface area contributed by atoms with Gasteiger partial charge in [-0.05, 0) is 42.3 Å². The summed E-state index contributed by atoms with van der Waals surface area (Å²) in [6.07, 6.45) is 0.593. The number of carbonyl (C=O) groups excluding carboxylic acids is 1. The second-order valence-electron chi connectivity index (χ2n) is 6.86. The van der Waals surface area contributed by atoms with Gasteiger partial charge >= 0.3 is 6.09 Å². The van der Waals surface area contributed by atoms with Crippen LogP contribution in [-0.4, -0.2) is 17.5 Å². The molecule has 2 aromatic carbocycles. The van der Waals surface area contributed by atoms with E-state index in [1.807, 2.05) is 31.2 Å². The molecule has 0 radical (unpaired) electrons. The summed E-state index contributed by atoms with van der Waals surface area (Å²) < 4.78 is 20.2. The zero-order valence-corrected chi connectivity index (χ0v) is 16.8. The molecule has 27 heavy (non-hydrogen) atoms. The van der Waals surface area contributed by atoms with Crippen molar-refractivity contribution in [3.05, 3.63) is 88.7 Å². The van der Waals surface area contributed by atoms with E-state index in [0.717, 1.165) is 21.2 Å². The molecule has 0 spiro atoms. The first-order valence-electron chi connectivity index (χ1n) is 8.66. The minimum atomic E-state index is -0.840. The lowest BCUT2D eigenvalue weighted by Gasteiger charge is -2.42. The van der Waals surface area contributed by atoms with Crippen molar-refractivity contribution in [1.82, 2.24) is 4.90 Å². The predicted octanol–water partition coefficient (Wildman–Crippen LogP) is 6.26. The van der Waals surface area contributed by atoms with Gasteiger partial charge in [-0.25, -0.2) is 9.18 Å². The van der Waals surface area contributed by atoms with Crippen LogP contribution in [0.1, 0.15) is 30.9 Å². The number of hydrogen-bond donors (Lipinski definition) is 0. The van der Waals surface area contributed by atoms with Crippen molar-refractivity contribution in [2.75, 3.05) is 6.54 Å². The Morgan fingerprint density at radius 3 is 2.37 bits per heavy atom. The standard InChI is InChI=1S/C22H21BrFNO2/c1-15(2)14-22(18-6-10-20(24)11-7-18)12-13-25(21(26)27-22)16(3)17-4-8-19(23)9-5-17/h4-11H,1,3,12-14H2,2H3/t22-/m0/s1. The lowest BCUT2D eigenvalue weighted by molar-refractivity contribution is -0.0406. The molecule has 1 fully saturated rings.